The van der Waals surface area contributed by atoms with Crippen molar-refractivity contribution in [3.63, 3.8) is 0 Å². The molecule has 0 unspecified atom stereocenters. The Hall–Kier alpha value is -2.56. The van der Waals surface area contributed by atoms with Gasteiger partial charge in [0, 0.05) is 5.69 Å². The van der Waals surface area contributed by atoms with Gasteiger partial charge in [0.25, 0.3) is 0 Å². The van der Waals surface area contributed by atoms with E-state index in [0.29, 0.717) is 16.9 Å². The van der Waals surface area contributed by atoms with Gasteiger partial charge in [-0.05, 0) is 30.3 Å². The van der Waals surface area contributed by atoms with Crippen molar-refractivity contribution in [2.24, 2.45) is 5.14 Å². The first-order valence-electron chi connectivity index (χ1n) is 5.60. The van der Waals surface area contributed by atoms with E-state index < -0.39 is 10.0 Å². The number of nitrogens with two attached hydrogens (primary N) is 2. The molecular formula is C13H12N4O2S. The van der Waals surface area contributed by atoms with Crippen LogP contribution in [0.3, 0.4) is 0 Å². The van der Waals surface area contributed by atoms with E-state index in [-0.39, 0.29) is 10.6 Å². The van der Waals surface area contributed by atoms with Gasteiger partial charge in [0.2, 0.25) is 10.0 Å². The number of para-hydroxylation sites is 1. The Kier molecular flexibility index (Phi) is 3.61. The summed E-state index contributed by atoms with van der Waals surface area (Å²) in [5, 5.41) is 17.0. The van der Waals surface area contributed by atoms with E-state index in [2.05, 4.69) is 11.4 Å². The van der Waals surface area contributed by atoms with Gasteiger partial charge in [-0.3, -0.25) is 0 Å². The number of nitrogens with zero attached hydrogens (tertiary/aromatic N) is 1. The van der Waals surface area contributed by atoms with E-state index in [0.717, 1.165) is 0 Å². The van der Waals surface area contributed by atoms with Crippen LogP contribution in [0.2, 0.25) is 0 Å². The molecule has 0 bridgehead atoms. The maximum Gasteiger partial charge on any atom is 0.240 e. The van der Waals surface area contributed by atoms with Crippen molar-refractivity contribution in [1.29, 1.82) is 5.26 Å². The summed E-state index contributed by atoms with van der Waals surface area (Å²) in [5.41, 5.74) is 7.37. The molecule has 7 heteroatoms. The van der Waals surface area contributed by atoms with Crippen molar-refractivity contribution in [1.82, 2.24) is 0 Å². The molecule has 0 saturated carbocycles. The number of primary sulfonamides is 1. The van der Waals surface area contributed by atoms with Crippen molar-refractivity contribution < 1.29 is 8.42 Å². The average Bonchev–Trinajstić information content (AvgIpc) is 2.38. The molecular weight excluding hydrogens is 276 g/mol. The number of hydrogen-bond donors (Lipinski definition) is 3. The Bertz CT molecular complexity index is 794. The Balaban J connectivity index is 2.37. The largest absolute Gasteiger partial charge is 0.398 e. The molecule has 0 amide bonds. The zero-order valence-electron chi connectivity index (χ0n) is 10.4. The number of nitrogen functional groups attached to an aromatic ring is 1. The van der Waals surface area contributed by atoms with Crippen LogP contribution in [0.25, 0.3) is 0 Å². The third-order valence-corrected chi connectivity index (χ3v) is 3.63. The summed E-state index contributed by atoms with van der Waals surface area (Å²) in [7, 11) is -3.84. The zero-order chi connectivity index (χ0) is 14.8. The van der Waals surface area contributed by atoms with Crippen LogP contribution in [-0.2, 0) is 10.0 Å². The lowest BCUT2D eigenvalue weighted by molar-refractivity contribution is 0.598. The first-order chi connectivity index (χ1) is 9.41. The van der Waals surface area contributed by atoms with Gasteiger partial charge in [-0.1, -0.05) is 12.1 Å². The van der Waals surface area contributed by atoms with Crippen molar-refractivity contribution in [2.75, 3.05) is 11.1 Å². The molecule has 0 saturated heterocycles. The van der Waals surface area contributed by atoms with Crippen LogP contribution in [0.15, 0.2) is 47.4 Å². The first kappa shape index (κ1) is 13.9. The average molecular weight is 288 g/mol. The van der Waals surface area contributed by atoms with Crippen molar-refractivity contribution in [3.8, 4) is 6.07 Å². The Labute approximate surface area is 116 Å². The van der Waals surface area contributed by atoms with Crippen molar-refractivity contribution >= 4 is 27.1 Å². The van der Waals surface area contributed by atoms with E-state index >= 15 is 0 Å². The van der Waals surface area contributed by atoms with Gasteiger partial charge in [0.1, 0.15) is 11.0 Å². The molecule has 0 heterocycles. The number of anilines is 3. The number of hydrogen-bond acceptors (Lipinski definition) is 5. The minimum absolute atomic E-state index is 0.0481. The van der Waals surface area contributed by atoms with Crippen LogP contribution in [0, 0.1) is 11.3 Å². The third-order valence-electron chi connectivity index (χ3n) is 2.64. The minimum atomic E-state index is -3.84. The minimum Gasteiger partial charge on any atom is -0.398 e. The summed E-state index contributed by atoms with van der Waals surface area (Å²) in [5.74, 6) is 0. The van der Waals surface area contributed by atoms with Gasteiger partial charge in [0.15, 0.2) is 0 Å². The molecule has 0 spiro atoms. The number of rotatable bonds is 3. The molecule has 2 aromatic carbocycles. The summed E-state index contributed by atoms with van der Waals surface area (Å²) < 4.78 is 22.5. The molecule has 20 heavy (non-hydrogen) atoms. The Morgan fingerprint density at radius 3 is 2.45 bits per heavy atom. The van der Waals surface area contributed by atoms with E-state index in [1.54, 1.807) is 24.3 Å². The SMILES string of the molecule is N#Cc1ccccc1Nc1ccc(S(N)(=O)=O)c(N)c1. The Morgan fingerprint density at radius 2 is 1.85 bits per heavy atom. The maximum absolute atomic E-state index is 11.3. The van der Waals surface area contributed by atoms with Crippen LogP contribution in [-0.4, -0.2) is 8.42 Å². The monoisotopic (exact) mass is 288 g/mol. The third kappa shape index (κ3) is 2.88. The molecule has 0 radical (unpaired) electrons. The normalized spacial score (nSPS) is 10.8. The molecule has 102 valence electrons. The summed E-state index contributed by atoms with van der Waals surface area (Å²) in [6, 6.07) is 13.3. The van der Waals surface area contributed by atoms with Crippen LogP contribution >= 0.6 is 0 Å². The number of nitrogens with one attached hydrogen (secondary N) is 1. The highest BCUT2D eigenvalue weighted by molar-refractivity contribution is 7.89. The van der Waals surface area contributed by atoms with E-state index in [1.165, 1.54) is 18.2 Å². The zero-order valence-corrected chi connectivity index (χ0v) is 11.2. The number of benzene rings is 2. The molecule has 6 nitrogen and oxygen atoms in total. The molecule has 0 aliphatic heterocycles. The van der Waals surface area contributed by atoms with Crippen LogP contribution in [0.4, 0.5) is 17.1 Å². The van der Waals surface area contributed by atoms with Crippen LogP contribution < -0.4 is 16.2 Å². The number of sulfonamides is 1. The maximum atomic E-state index is 11.3. The number of nitriles is 1. The second-order valence-corrected chi connectivity index (χ2v) is 5.61. The van der Waals surface area contributed by atoms with Gasteiger partial charge in [-0.15, -0.1) is 0 Å². The quantitative estimate of drug-likeness (QED) is 0.739. The standard InChI is InChI=1S/C13H12N4O2S/c14-8-9-3-1-2-4-12(9)17-10-5-6-13(11(15)7-10)20(16,18)19/h1-7,17H,15H2,(H2,16,18,19). The second-order valence-electron chi connectivity index (χ2n) is 4.08. The van der Waals surface area contributed by atoms with Gasteiger partial charge in [-0.25, -0.2) is 13.6 Å². The molecule has 5 N–H and O–H groups in total. The lowest BCUT2D eigenvalue weighted by Crippen LogP contribution is -2.14. The lowest BCUT2D eigenvalue weighted by Gasteiger charge is -2.10. The highest BCUT2D eigenvalue weighted by Crippen LogP contribution is 2.25. The molecule has 2 aromatic rings. The van der Waals surface area contributed by atoms with Gasteiger partial charge in [-0.2, -0.15) is 5.26 Å². The summed E-state index contributed by atoms with van der Waals surface area (Å²) >= 11 is 0. The highest BCUT2D eigenvalue weighted by Gasteiger charge is 2.12. The summed E-state index contributed by atoms with van der Waals surface area (Å²) in [4.78, 5) is -0.128. The summed E-state index contributed by atoms with van der Waals surface area (Å²) in [6.45, 7) is 0. The second kappa shape index (κ2) is 5.21. The van der Waals surface area contributed by atoms with Gasteiger partial charge in [0.05, 0.1) is 16.9 Å². The molecule has 0 atom stereocenters. The molecule has 0 fully saturated rings. The predicted octanol–water partition coefficient (Wildman–Crippen LogP) is 1.53. The molecule has 0 aliphatic rings. The van der Waals surface area contributed by atoms with E-state index in [9.17, 15) is 8.42 Å². The van der Waals surface area contributed by atoms with E-state index in [1.807, 2.05) is 0 Å². The van der Waals surface area contributed by atoms with Crippen molar-refractivity contribution in [3.05, 3.63) is 48.0 Å². The van der Waals surface area contributed by atoms with E-state index in [4.69, 9.17) is 16.1 Å². The lowest BCUT2D eigenvalue weighted by atomic mass is 10.2. The summed E-state index contributed by atoms with van der Waals surface area (Å²) in [6.07, 6.45) is 0. The van der Waals surface area contributed by atoms with Crippen molar-refractivity contribution in [2.45, 2.75) is 4.90 Å². The van der Waals surface area contributed by atoms with Crippen LogP contribution in [0.1, 0.15) is 5.56 Å². The fourth-order valence-corrected chi connectivity index (χ4v) is 2.38. The predicted molar refractivity (Wildman–Crippen MR) is 76.7 cm³/mol. The fourth-order valence-electron chi connectivity index (χ4n) is 1.73. The topological polar surface area (TPSA) is 122 Å². The van der Waals surface area contributed by atoms with Crippen LogP contribution in [0.5, 0.6) is 0 Å². The van der Waals surface area contributed by atoms with Gasteiger partial charge >= 0.3 is 0 Å². The highest BCUT2D eigenvalue weighted by atomic mass is 32.2. The molecule has 0 aliphatic carbocycles. The first-order valence-corrected chi connectivity index (χ1v) is 7.15. The van der Waals surface area contributed by atoms with Gasteiger partial charge < -0.3 is 11.1 Å². The molecule has 2 rings (SSSR count). The molecule has 0 aromatic heterocycles. The Morgan fingerprint density at radius 1 is 1.15 bits per heavy atom. The smallest absolute Gasteiger partial charge is 0.240 e. The fraction of sp³-hybridized carbons (Fsp3) is 0.